The summed E-state index contributed by atoms with van der Waals surface area (Å²) >= 11 is 0. The molecule has 9 nitrogen and oxygen atoms in total. The minimum Gasteiger partial charge on any atom is -0.450 e. The number of para-hydroxylation sites is 2. The Bertz CT molecular complexity index is 854. The van der Waals surface area contributed by atoms with Crippen molar-refractivity contribution in [1.29, 1.82) is 0 Å². The number of hydrogen-bond donors (Lipinski definition) is 3. The Kier molecular flexibility index (Phi) is 3.92. The second-order valence-electron chi connectivity index (χ2n) is 5.81. The van der Waals surface area contributed by atoms with Crippen LogP contribution in [-0.4, -0.2) is 51.8 Å². The minimum atomic E-state index is -1.07. The van der Waals surface area contributed by atoms with E-state index in [1.54, 1.807) is 6.07 Å². The number of rotatable bonds is 3. The van der Waals surface area contributed by atoms with Crippen LogP contribution in [0.3, 0.4) is 0 Å². The Morgan fingerprint density at radius 2 is 2.16 bits per heavy atom. The molecule has 1 fully saturated rings. The molecule has 0 bridgehead atoms. The summed E-state index contributed by atoms with van der Waals surface area (Å²) in [5.74, 6) is 1.25. The average Bonchev–Trinajstić information content (AvgIpc) is 2.95. The monoisotopic (exact) mass is 347 g/mol. The predicted octanol–water partition coefficient (Wildman–Crippen LogP) is 0.358. The SMILES string of the molecule is COC1C(O)C(CO)OC1n1cc2c(nc1=O)Nc1ccccc1O2. The van der Waals surface area contributed by atoms with E-state index in [9.17, 15) is 15.0 Å². The van der Waals surface area contributed by atoms with Crippen molar-refractivity contribution in [3.05, 3.63) is 40.9 Å². The zero-order chi connectivity index (χ0) is 17.6. The topological polar surface area (TPSA) is 115 Å². The second kappa shape index (κ2) is 6.12. The fourth-order valence-electron chi connectivity index (χ4n) is 3.05. The fourth-order valence-corrected chi connectivity index (χ4v) is 3.05. The molecule has 0 radical (unpaired) electrons. The zero-order valence-corrected chi connectivity index (χ0v) is 13.3. The quantitative estimate of drug-likeness (QED) is 0.622. The van der Waals surface area contributed by atoms with E-state index < -0.39 is 36.8 Å². The van der Waals surface area contributed by atoms with Crippen LogP contribution in [0.4, 0.5) is 11.5 Å². The average molecular weight is 347 g/mol. The largest absolute Gasteiger partial charge is 0.450 e. The first-order valence-corrected chi connectivity index (χ1v) is 7.76. The van der Waals surface area contributed by atoms with Gasteiger partial charge in [0.05, 0.1) is 18.5 Å². The van der Waals surface area contributed by atoms with Gasteiger partial charge in [-0.15, -0.1) is 0 Å². The van der Waals surface area contributed by atoms with Gasteiger partial charge in [-0.25, -0.2) is 4.79 Å². The highest BCUT2D eigenvalue weighted by atomic mass is 16.6. The molecule has 3 N–H and O–H groups in total. The molecule has 2 aliphatic heterocycles. The highest BCUT2D eigenvalue weighted by Gasteiger charge is 2.45. The number of fused-ring (bicyclic) bond motifs is 2. The smallest absolute Gasteiger partial charge is 0.351 e. The van der Waals surface area contributed by atoms with E-state index in [2.05, 4.69) is 10.3 Å². The molecule has 25 heavy (non-hydrogen) atoms. The molecule has 2 aliphatic rings. The zero-order valence-electron chi connectivity index (χ0n) is 13.3. The molecule has 132 valence electrons. The van der Waals surface area contributed by atoms with Crippen LogP contribution in [0, 0.1) is 0 Å². The van der Waals surface area contributed by atoms with E-state index in [0.717, 1.165) is 0 Å². The third-order valence-electron chi connectivity index (χ3n) is 4.32. The van der Waals surface area contributed by atoms with E-state index in [0.29, 0.717) is 23.0 Å². The summed E-state index contributed by atoms with van der Waals surface area (Å²) in [5, 5.41) is 22.5. The van der Waals surface area contributed by atoms with Crippen LogP contribution in [-0.2, 0) is 9.47 Å². The lowest BCUT2D eigenvalue weighted by Crippen LogP contribution is -2.37. The Labute approximate surface area is 142 Å². The standard InChI is InChI=1S/C16H17N3O6/c1-23-13-12(21)11(7-20)25-15(13)19-6-10-14(18-16(19)22)17-8-4-2-3-5-9(8)24-10/h2-6,11-13,15,20-21H,7H2,1H3,(H,17,18,22). The molecule has 0 saturated carbocycles. The van der Waals surface area contributed by atoms with Gasteiger partial charge in [0.15, 0.2) is 23.5 Å². The number of aliphatic hydroxyl groups excluding tert-OH is 2. The number of aliphatic hydroxyl groups is 2. The minimum absolute atomic E-state index is 0.297. The van der Waals surface area contributed by atoms with E-state index in [1.807, 2.05) is 18.2 Å². The molecular formula is C16H17N3O6. The first kappa shape index (κ1) is 16.0. The number of nitrogens with zero attached hydrogens (tertiary/aromatic N) is 2. The van der Waals surface area contributed by atoms with Crippen LogP contribution >= 0.6 is 0 Å². The van der Waals surface area contributed by atoms with Crippen LogP contribution in [0.25, 0.3) is 0 Å². The van der Waals surface area contributed by atoms with Gasteiger partial charge in [-0.1, -0.05) is 12.1 Å². The van der Waals surface area contributed by atoms with Crippen molar-refractivity contribution >= 4 is 11.5 Å². The highest BCUT2D eigenvalue weighted by molar-refractivity contribution is 5.72. The molecular weight excluding hydrogens is 330 g/mol. The van der Waals surface area contributed by atoms with E-state index in [1.165, 1.54) is 17.9 Å². The molecule has 3 heterocycles. The van der Waals surface area contributed by atoms with Gasteiger partial charge in [0.25, 0.3) is 0 Å². The molecule has 0 spiro atoms. The van der Waals surface area contributed by atoms with Gasteiger partial charge >= 0.3 is 5.69 Å². The molecule has 0 amide bonds. The molecule has 9 heteroatoms. The molecule has 4 unspecified atom stereocenters. The number of nitrogens with one attached hydrogen (secondary N) is 1. The van der Waals surface area contributed by atoms with Gasteiger partial charge in [-0.3, -0.25) is 4.57 Å². The van der Waals surface area contributed by atoms with E-state index in [4.69, 9.17) is 14.2 Å². The molecule has 1 aromatic carbocycles. The molecule has 4 rings (SSSR count). The van der Waals surface area contributed by atoms with Crippen molar-refractivity contribution in [2.45, 2.75) is 24.5 Å². The third-order valence-corrected chi connectivity index (χ3v) is 4.32. The number of methoxy groups -OCH3 is 1. The van der Waals surface area contributed by atoms with Crippen molar-refractivity contribution in [2.24, 2.45) is 0 Å². The predicted molar refractivity (Wildman–Crippen MR) is 86.1 cm³/mol. The molecule has 1 aromatic heterocycles. The maximum Gasteiger partial charge on any atom is 0.351 e. The van der Waals surface area contributed by atoms with Gasteiger partial charge in [0, 0.05) is 7.11 Å². The lowest BCUT2D eigenvalue weighted by atomic mass is 10.1. The lowest BCUT2D eigenvalue weighted by Gasteiger charge is -2.24. The van der Waals surface area contributed by atoms with Crippen molar-refractivity contribution in [3.63, 3.8) is 0 Å². The number of ether oxygens (including phenoxy) is 3. The molecule has 1 saturated heterocycles. The maximum atomic E-state index is 12.4. The third kappa shape index (κ3) is 2.57. The van der Waals surface area contributed by atoms with E-state index in [-0.39, 0.29) is 0 Å². The van der Waals surface area contributed by atoms with Crippen LogP contribution in [0.1, 0.15) is 6.23 Å². The van der Waals surface area contributed by atoms with Crippen molar-refractivity contribution in [1.82, 2.24) is 9.55 Å². The number of anilines is 2. The summed E-state index contributed by atoms with van der Waals surface area (Å²) < 4.78 is 17.8. The Balaban J connectivity index is 1.72. The van der Waals surface area contributed by atoms with Crippen LogP contribution < -0.4 is 15.7 Å². The summed E-state index contributed by atoms with van der Waals surface area (Å²) in [6.45, 7) is -0.393. The fraction of sp³-hybridized carbons (Fsp3) is 0.375. The van der Waals surface area contributed by atoms with Gasteiger partial charge < -0.3 is 29.7 Å². The molecule has 0 aliphatic carbocycles. The van der Waals surface area contributed by atoms with Crippen LogP contribution in [0.15, 0.2) is 35.3 Å². The van der Waals surface area contributed by atoms with Crippen molar-refractivity contribution < 1.29 is 24.4 Å². The highest BCUT2D eigenvalue weighted by Crippen LogP contribution is 2.40. The summed E-state index contributed by atoms with van der Waals surface area (Å²) in [6, 6.07) is 7.27. The molecule has 4 atom stereocenters. The Morgan fingerprint density at radius 3 is 2.92 bits per heavy atom. The lowest BCUT2D eigenvalue weighted by molar-refractivity contribution is -0.0626. The van der Waals surface area contributed by atoms with Crippen molar-refractivity contribution in [3.8, 4) is 11.5 Å². The Morgan fingerprint density at radius 1 is 1.36 bits per heavy atom. The van der Waals surface area contributed by atoms with Gasteiger partial charge in [0.2, 0.25) is 0 Å². The summed E-state index contributed by atoms with van der Waals surface area (Å²) in [6.07, 6.45) is -2.21. The van der Waals surface area contributed by atoms with Gasteiger partial charge in [-0.05, 0) is 12.1 Å². The normalized spacial score (nSPS) is 27.2. The maximum absolute atomic E-state index is 12.4. The van der Waals surface area contributed by atoms with Crippen LogP contribution in [0.5, 0.6) is 11.5 Å². The second-order valence-corrected chi connectivity index (χ2v) is 5.81. The summed E-state index contributed by atoms with van der Waals surface area (Å²) in [4.78, 5) is 16.4. The Hall–Kier alpha value is -2.46. The first-order chi connectivity index (χ1) is 12.1. The first-order valence-electron chi connectivity index (χ1n) is 7.76. The summed E-state index contributed by atoms with van der Waals surface area (Å²) in [5.41, 5.74) is 0.120. The number of hydrogen-bond acceptors (Lipinski definition) is 8. The van der Waals surface area contributed by atoms with Crippen molar-refractivity contribution in [2.75, 3.05) is 19.0 Å². The van der Waals surface area contributed by atoms with Gasteiger partial charge in [-0.2, -0.15) is 4.98 Å². The van der Waals surface area contributed by atoms with Crippen LogP contribution in [0.2, 0.25) is 0 Å². The number of aromatic nitrogens is 2. The van der Waals surface area contributed by atoms with E-state index >= 15 is 0 Å². The molecule has 2 aromatic rings. The van der Waals surface area contributed by atoms with Gasteiger partial charge in [0.1, 0.15) is 18.3 Å². The number of benzene rings is 1. The summed E-state index contributed by atoms with van der Waals surface area (Å²) in [7, 11) is 1.40.